The molecule has 1 aliphatic carbocycles. The molecule has 0 aromatic heterocycles. The molecule has 0 bridgehead atoms. The van der Waals surface area contributed by atoms with Crippen molar-refractivity contribution in [1.82, 2.24) is 0 Å². The van der Waals surface area contributed by atoms with Crippen LogP contribution in [0.5, 0.6) is 5.75 Å². The number of hydrogen-bond donors (Lipinski definition) is 4. The summed E-state index contributed by atoms with van der Waals surface area (Å²) in [7, 11) is 0. The highest BCUT2D eigenvalue weighted by Crippen LogP contribution is 2.31. The molecule has 0 amide bonds. The van der Waals surface area contributed by atoms with Gasteiger partial charge >= 0.3 is 0 Å². The first-order chi connectivity index (χ1) is 13.0. The summed E-state index contributed by atoms with van der Waals surface area (Å²) < 4.78 is 6.03. The highest BCUT2D eigenvalue weighted by Gasteiger charge is 2.43. The van der Waals surface area contributed by atoms with Crippen molar-refractivity contribution in [3.8, 4) is 5.75 Å². The fourth-order valence-electron chi connectivity index (χ4n) is 3.62. The summed E-state index contributed by atoms with van der Waals surface area (Å²) in [5, 5.41) is 39.8. The smallest absolute Gasteiger partial charge is 0.128 e. The summed E-state index contributed by atoms with van der Waals surface area (Å²) >= 11 is 0. The van der Waals surface area contributed by atoms with Crippen molar-refractivity contribution in [1.29, 1.82) is 0 Å². The van der Waals surface area contributed by atoms with Crippen molar-refractivity contribution in [2.45, 2.75) is 50.6 Å². The quantitative estimate of drug-likeness (QED) is 0.620. The lowest BCUT2D eigenvalue weighted by molar-refractivity contribution is -0.157. The number of ether oxygens (including phenoxy) is 1. The molecule has 27 heavy (non-hydrogen) atoms. The lowest BCUT2D eigenvalue weighted by Crippen LogP contribution is -2.56. The lowest BCUT2D eigenvalue weighted by Gasteiger charge is -2.39. The molecule has 5 nitrogen and oxygen atoms in total. The minimum absolute atomic E-state index is 0.268. The van der Waals surface area contributed by atoms with Gasteiger partial charge in [0.25, 0.3) is 0 Å². The van der Waals surface area contributed by atoms with Crippen LogP contribution in [0.2, 0.25) is 0 Å². The molecule has 2 aromatic rings. The molecule has 0 saturated heterocycles. The SMILES string of the molecule is CCc1ccc(Cc2ccccc2O[C@@H]2C[C@H](CO)[C@@H](O)[C@H](O)[C@H]2O)cc1. The van der Waals surface area contributed by atoms with Gasteiger partial charge in [-0.1, -0.05) is 49.4 Å². The maximum absolute atomic E-state index is 10.3. The summed E-state index contributed by atoms with van der Waals surface area (Å²) in [6.45, 7) is 1.86. The van der Waals surface area contributed by atoms with Crippen molar-refractivity contribution in [3.05, 3.63) is 65.2 Å². The van der Waals surface area contributed by atoms with E-state index in [1.54, 1.807) is 0 Å². The third-order valence-corrected chi connectivity index (χ3v) is 5.41. The van der Waals surface area contributed by atoms with Crippen LogP contribution < -0.4 is 4.74 Å². The summed E-state index contributed by atoms with van der Waals surface area (Å²) in [4.78, 5) is 0. The van der Waals surface area contributed by atoms with Gasteiger partial charge in [0, 0.05) is 18.9 Å². The average Bonchev–Trinajstić information content (AvgIpc) is 2.70. The van der Waals surface area contributed by atoms with Crippen molar-refractivity contribution in [3.63, 3.8) is 0 Å². The fourth-order valence-corrected chi connectivity index (χ4v) is 3.62. The molecular weight excluding hydrogens is 344 g/mol. The first-order valence-corrected chi connectivity index (χ1v) is 9.51. The Bertz CT molecular complexity index is 728. The van der Waals surface area contributed by atoms with Crippen LogP contribution in [0.15, 0.2) is 48.5 Å². The van der Waals surface area contributed by atoms with Gasteiger partial charge < -0.3 is 25.2 Å². The van der Waals surface area contributed by atoms with Crippen LogP contribution in [0.1, 0.15) is 30.0 Å². The maximum atomic E-state index is 10.3. The zero-order valence-corrected chi connectivity index (χ0v) is 15.5. The normalized spacial score (nSPS) is 28.1. The Balaban J connectivity index is 1.77. The van der Waals surface area contributed by atoms with Crippen LogP contribution >= 0.6 is 0 Å². The molecule has 1 fully saturated rings. The summed E-state index contributed by atoms with van der Waals surface area (Å²) in [5.74, 6) is 0.114. The van der Waals surface area contributed by atoms with Gasteiger partial charge in [-0.3, -0.25) is 0 Å². The monoisotopic (exact) mass is 372 g/mol. The van der Waals surface area contributed by atoms with E-state index in [9.17, 15) is 20.4 Å². The number of benzene rings is 2. The molecule has 0 aliphatic heterocycles. The minimum Gasteiger partial charge on any atom is -0.487 e. The van der Waals surface area contributed by atoms with Crippen LogP contribution in [0, 0.1) is 5.92 Å². The minimum atomic E-state index is -1.34. The zero-order valence-electron chi connectivity index (χ0n) is 15.5. The van der Waals surface area contributed by atoms with Gasteiger partial charge in [0.1, 0.15) is 24.1 Å². The van der Waals surface area contributed by atoms with Gasteiger partial charge in [0.15, 0.2) is 0 Å². The van der Waals surface area contributed by atoms with E-state index in [0.717, 1.165) is 17.5 Å². The Labute approximate surface area is 159 Å². The van der Waals surface area contributed by atoms with Crippen LogP contribution in [0.3, 0.4) is 0 Å². The Morgan fingerprint density at radius 3 is 2.22 bits per heavy atom. The van der Waals surface area contributed by atoms with E-state index in [1.807, 2.05) is 24.3 Å². The highest BCUT2D eigenvalue weighted by molar-refractivity contribution is 5.38. The van der Waals surface area contributed by atoms with Gasteiger partial charge in [-0.25, -0.2) is 0 Å². The molecule has 146 valence electrons. The Morgan fingerprint density at radius 1 is 0.889 bits per heavy atom. The van der Waals surface area contributed by atoms with Crippen molar-refractivity contribution < 1.29 is 25.2 Å². The van der Waals surface area contributed by atoms with Crippen molar-refractivity contribution in [2.24, 2.45) is 5.92 Å². The van der Waals surface area contributed by atoms with Gasteiger partial charge in [0.2, 0.25) is 0 Å². The molecule has 3 rings (SSSR count). The number of hydrogen-bond acceptors (Lipinski definition) is 5. The number of aryl methyl sites for hydroxylation is 1. The Morgan fingerprint density at radius 2 is 1.56 bits per heavy atom. The standard InChI is InChI=1S/C22H28O5/c1-2-14-7-9-15(10-8-14)11-16-5-3-4-6-18(16)27-19-12-17(13-23)20(24)22(26)21(19)25/h3-10,17,19-26H,2,11-13H2,1H3/t17-,19-,20-,21+,22+/m1/s1. The van der Waals surface area contributed by atoms with Gasteiger partial charge in [-0.2, -0.15) is 0 Å². The first-order valence-electron chi connectivity index (χ1n) is 9.51. The molecule has 5 atom stereocenters. The number of para-hydroxylation sites is 1. The first kappa shape index (κ1) is 19.8. The summed E-state index contributed by atoms with van der Waals surface area (Å²) in [5.41, 5.74) is 3.43. The van der Waals surface area contributed by atoms with E-state index >= 15 is 0 Å². The number of aliphatic hydroxyl groups is 4. The molecule has 1 aliphatic rings. The fraction of sp³-hybridized carbons (Fsp3) is 0.455. The van der Waals surface area contributed by atoms with Crippen molar-refractivity contribution >= 4 is 0 Å². The maximum Gasteiger partial charge on any atom is 0.128 e. The lowest BCUT2D eigenvalue weighted by atomic mass is 9.81. The van der Waals surface area contributed by atoms with E-state index in [-0.39, 0.29) is 13.0 Å². The molecule has 0 heterocycles. The molecule has 2 aromatic carbocycles. The summed E-state index contributed by atoms with van der Waals surface area (Å²) in [6.07, 6.45) is -2.43. The van der Waals surface area contributed by atoms with E-state index < -0.39 is 30.3 Å². The Hall–Kier alpha value is -1.92. The second-order valence-electron chi connectivity index (χ2n) is 7.26. The number of rotatable bonds is 6. The van der Waals surface area contributed by atoms with Gasteiger partial charge in [0.05, 0.1) is 6.10 Å². The number of aliphatic hydroxyl groups excluding tert-OH is 4. The van der Waals surface area contributed by atoms with E-state index in [4.69, 9.17) is 4.74 Å². The van der Waals surface area contributed by atoms with Crippen LogP contribution in [-0.4, -0.2) is 51.4 Å². The third-order valence-electron chi connectivity index (χ3n) is 5.41. The van der Waals surface area contributed by atoms with Crippen LogP contribution in [0.25, 0.3) is 0 Å². The molecule has 4 N–H and O–H groups in total. The van der Waals surface area contributed by atoms with Gasteiger partial charge in [-0.15, -0.1) is 0 Å². The zero-order chi connectivity index (χ0) is 19.4. The molecule has 1 saturated carbocycles. The van der Waals surface area contributed by atoms with Gasteiger partial charge in [-0.05, 0) is 35.6 Å². The largest absolute Gasteiger partial charge is 0.487 e. The predicted octanol–water partition coefficient (Wildman–Crippen LogP) is 1.68. The topological polar surface area (TPSA) is 90.2 Å². The molecule has 0 radical (unpaired) electrons. The van der Waals surface area contributed by atoms with E-state index in [0.29, 0.717) is 12.2 Å². The van der Waals surface area contributed by atoms with Crippen LogP contribution in [0.4, 0.5) is 0 Å². The predicted molar refractivity (Wildman–Crippen MR) is 103 cm³/mol. The molecule has 5 heteroatoms. The second-order valence-corrected chi connectivity index (χ2v) is 7.26. The molecule has 0 unspecified atom stereocenters. The molecular formula is C22H28O5. The van der Waals surface area contributed by atoms with Crippen LogP contribution in [-0.2, 0) is 12.8 Å². The average molecular weight is 372 g/mol. The third kappa shape index (κ3) is 4.50. The highest BCUT2D eigenvalue weighted by atomic mass is 16.5. The second kappa shape index (κ2) is 8.85. The summed E-state index contributed by atoms with van der Waals surface area (Å²) in [6, 6.07) is 16.1. The van der Waals surface area contributed by atoms with E-state index in [2.05, 4.69) is 31.2 Å². The molecule has 0 spiro atoms. The van der Waals surface area contributed by atoms with E-state index in [1.165, 1.54) is 5.56 Å². The Kier molecular flexibility index (Phi) is 6.50. The van der Waals surface area contributed by atoms with Crippen molar-refractivity contribution in [2.75, 3.05) is 6.61 Å².